The zero-order valence-electron chi connectivity index (χ0n) is 23.7. The van der Waals surface area contributed by atoms with Crippen molar-refractivity contribution in [2.45, 2.75) is 38.5 Å². The lowest BCUT2D eigenvalue weighted by Crippen LogP contribution is -2.57. The Balaban J connectivity index is 1.41. The van der Waals surface area contributed by atoms with Gasteiger partial charge in [-0.2, -0.15) is 0 Å². The molecule has 0 bridgehead atoms. The van der Waals surface area contributed by atoms with Gasteiger partial charge in [0.2, 0.25) is 0 Å². The molecule has 9 heteroatoms. The summed E-state index contributed by atoms with van der Waals surface area (Å²) in [4.78, 5) is 16.7. The van der Waals surface area contributed by atoms with E-state index in [1.54, 1.807) is 22.9 Å². The Kier molecular flexibility index (Phi) is 8.56. The van der Waals surface area contributed by atoms with E-state index in [-0.39, 0.29) is 17.8 Å². The fourth-order valence-corrected chi connectivity index (χ4v) is 5.64. The fraction of sp³-hybridized carbons (Fsp3) is 0.312. The molecule has 1 fully saturated rings. The largest absolute Gasteiger partial charge is 0.508 e. The molecule has 1 aliphatic heterocycles. The summed E-state index contributed by atoms with van der Waals surface area (Å²) in [6, 6.07) is 23.8. The van der Waals surface area contributed by atoms with Crippen LogP contribution in [0.4, 0.5) is 0 Å². The minimum atomic E-state index is -0.369. The van der Waals surface area contributed by atoms with Gasteiger partial charge in [-0.3, -0.25) is 9.80 Å². The number of aromatic hydroxyl groups is 1. The molecule has 2 heterocycles. The number of piperazine rings is 1. The minimum absolute atomic E-state index is 0.0243. The molecule has 9 nitrogen and oxygen atoms in total. The maximum absolute atomic E-state index is 11.8. The highest BCUT2D eigenvalue weighted by Crippen LogP contribution is 2.35. The summed E-state index contributed by atoms with van der Waals surface area (Å²) in [5, 5.41) is 22.8. The van der Waals surface area contributed by atoms with E-state index in [0.29, 0.717) is 30.0 Å². The SMILES string of the molecule is C=CCN1C[C@H](C)N([C@H](c2ccc(-c3nnnn3Cc3ccc(C(=O)OC)cc3)cc2)c2cccc(O)c2)C[C@H]1C. The van der Waals surface area contributed by atoms with Crippen molar-refractivity contribution < 1.29 is 14.6 Å². The summed E-state index contributed by atoms with van der Waals surface area (Å²) >= 11 is 0. The molecule has 1 N–H and O–H groups in total. The third-order valence-electron chi connectivity index (χ3n) is 7.77. The van der Waals surface area contributed by atoms with E-state index < -0.39 is 0 Å². The van der Waals surface area contributed by atoms with Crippen LogP contribution in [0.1, 0.15) is 46.9 Å². The van der Waals surface area contributed by atoms with Gasteiger partial charge < -0.3 is 9.84 Å². The molecule has 3 atom stereocenters. The third kappa shape index (κ3) is 6.21. The number of tetrazole rings is 1. The van der Waals surface area contributed by atoms with Gasteiger partial charge in [-0.15, -0.1) is 11.7 Å². The number of benzene rings is 3. The van der Waals surface area contributed by atoms with Gasteiger partial charge in [0.1, 0.15) is 5.75 Å². The average Bonchev–Trinajstić information content (AvgIpc) is 3.44. The number of carbonyl (C=O) groups excluding carboxylic acids is 1. The van der Waals surface area contributed by atoms with Crippen molar-refractivity contribution >= 4 is 5.97 Å². The standard InChI is InChI=1S/C32H36N6O3/c1-5-17-36-19-23(3)37(20-22(36)2)30(28-7-6-8-29(39)18-28)25-13-15-26(16-14-25)31-33-34-35-38(31)21-24-9-11-27(12-10-24)32(40)41-4/h5-16,18,22-23,30,39H,1,17,19-21H2,2-4H3/t22-,23+,30-/m1/s1. The Labute approximate surface area is 240 Å². The molecule has 3 aromatic carbocycles. The van der Waals surface area contributed by atoms with Crippen molar-refractivity contribution in [1.29, 1.82) is 0 Å². The van der Waals surface area contributed by atoms with Gasteiger partial charge in [0.25, 0.3) is 0 Å². The molecule has 1 saturated heterocycles. The van der Waals surface area contributed by atoms with Gasteiger partial charge in [0.05, 0.1) is 25.3 Å². The molecule has 0 spiro atoms. The number of rotatable bonds is 9. The molecule has 0 radical (unpaired) electrons. The van der Waals surface area contributed by atoms with Crippen molar-refractivity contribution in [2.75, 3.05) is 26.7 Å². The summed E-state index contributed by atoms with van der Waals surface area (Å²) < 4.78 is 6.53. The Morgan fingerprint density at radius 2 is 1.80 bits per heavy atom. The molecule has 0 amide bonds. The van der Waals surface area contributed by atoms with Gasteiger partial charge in [-0.05, 0) is 65.2 Å². The van der Waals surface area contributed by atoms with Crippen LogP contribution >= 0.6 is 0 Å². The Morgan fingerprint density at radius 1 is 1.05 bits per heavy atom. The number of esters is 1. The van der Waals surface area contributed by atoms with Crippen molar-refractivity contribution in [1.82, 2.24) is 30.0 Å². The topological polar surface area (TPSA) is 96.6 Å². The first-order valence-corrected chi connectivity index (χ1v) is 13.8. The minimum Gasteiger partial charge on any atom is -0.508 e. The zero-order valence-corrected chi connectivity index (χ0v) is 23.7. The second kappa shape index (κ2) is 12.4. The second-order valence-corrected chi connectivity index (χ2v) is 10.6. The molecule has 1 aromatic heterocycles. The number of phenols is 1. The van der Waals surface area contributed by atoms with Crippen LogP contribution in [0.3, 0.4) is 0 Å². The summed E-state index contributed by atoms with van der Waals surface area (Å²) in [7, 11) is 1.37. The molecular weight excluding hydrogens is 516 g/mol. The van der Waals surface area contributed by atoms with E-state index >= 15 is 0 Å². The molecule has 5 rings (SSSR count). The molecule has 41 heavy (non-hydrogen) atoms. The van der Waals surface area contributed by atoms with E-state index in [9.17, 15) is 9.90 Å². The number of phenolic OH excluding ortho intramolecular Hbond substituents is 1. The van der Waals surface area contributed by atoms with E-state index in [2.05, 4.69) is 76.1 Å². The summed E-state index contributed by atoms with van der Waals surface area (Å²) in [5.74, 6) is 0.544. The number of carbonyl (C=O) groups is 1. The van der Waals surface area contributed by atoms with Crippen LogP contribution in [0, 0.1) is 0 Å². The number of methoxy groups -OCH3 is 1. The van der Waals surface area contributed by atoms with Crippen molar-refractivity contribution in [3.8, 4) is 17.1 Å². The highest BCUT2D eigenvalue weighted by molar-refractivity contribution is 5.89. The molecule has 1 aliphatic rings. The number of hydrogen-bond acceptors (Lipinski definition) is 8. The molecule has 212 valence electrons. The molecule has 0 saturated carbocycles. The smallest absolute Gasteiger partial charge is 0.337 e. The van der Waals surface area contributed by atoms with Crippen LogP contribution in [-0.4, -0.2) is 79.9 Å². The molecule has 4 aromatic rings. The highest BCUT2D eigenvalue weighted by Gasteiger charge is 2.34. The second-order valence-electron chi connectivity index (χ2n) is 10.6. The first kappa shape index (κ1) is 28.2. The van der Waals surface area contributed by atoms with E-state index in [0.717, 1.165) is 41.9 Å². The van der Waals surface area contributed by atoms with E-state index in [4.69, 9.17) is 4.74 Å². The number of aromatic nitrogens is 4. The van der Waals surface area contributed by atoms with Gasteiger partial charge in [0, 0.05) is 37.3 Å². The van der Waals surface area contributed by atoms with Crippen LogP contribution in [0.2, 0.25) is 0 Å². The predicted molar refractivity (Wildman–Crippen MR) is 157 cm³/mol. The van der Waals surface area contributed by atoms with Crippen molar-refractivity contribution in [3.05, 3.63) is 108 Å². The van der Waals surface area contributed by atoms with Crippen LogP contribution < -0.4 is 0 Å². The predicted octanol–water partition coefficient (Wildman–Crippen LogP) is 4.55. The van der Waals surface area contributed by atoms with E-state index in [1.807, 2.05) is 30.3 Å². The summed E-state index contributed by atoms with van der Waals surface area (Å²) in [5.41, 5.74) is 4.54. The fourth-order valence-electron chi connectivity index (χ4n) is 5.64. The molecule has 0 aliphatic carbocycles. The highest BCUT2D eigenvalue weighted by atomic mass is 16.5. The quantitative estimate of drug-likeness (QED) is 0.239. The number of hydrogen-bond donors (Lipinski definition) is 1. The van der Waals surface area contributed by atoms with Gasteiger partial charge in [-0.1, -0.05) is 54.6 Å². The van der Waals surface area contributed by atoms with Crippen LogP contribution in [0.25, 0.3) is 11.4 Å². The van der Waals surface area contributed by atoms with Crippen LogP contribution in [0.5, 0.6) is 5.75 Å². The summed E-state index contributed by atoms with van der Waals surface area (Å²) in [6.07, 6.45) is 1.97. The first-order valence-electron chi connectivity index (χ1n) is 13.8. The Morgan fingerprint density at radius 3 is 2.49 bits per heavy atom. The summed E-state index contributed by atoms with van der Waals surface area (Å²) in [6.45, 7) is 11.6. The van der Waals surface area contributed by atoms with Gasteiger partial charge in [-0.25, -0.2) is 9.48 Å². The maximum Gasteiger partial charge on any atom is 0.337 e. The van der Waals surface area contributed by atoms with E-state index in [1.165, 1.54) is 7.11 Å². The average molecular weight is 553 g/mol. The third-order valence-corrected chi connectivity index (χ3v) is 7.77. The number of nitrogens with zero attached hydrogens (tertiary/aromatic N) is 6. The lowest BCUT2D eigenvalue weighted by molar-refractivity contribution is 0.0306. The Bertz CT molecular complexity index is 1480. The lowest BCUT2D eigenvalue weighted by atomic mass is 9.92. The Hall–Kier alpha value is -4.34. The lowest BCUT2D eigenvalue weighted by Gasteiger charge is -2.47. The zero-order chi connectivity index (χ0) is 28.9. The van der Waals surface area contributed by atoms with Gasteiger partial charge >= 0.3 is 5.97 Å². The maximum atomic E-state index is 11.8. The number of ether oxygens (including phenoxy) is 1. The van der Waals surface area contributed by atoms with Gasteiger partial charge in [0.15, 0.2) is 5.82 Å². The van der Waals surface area contributed by atoms with Crippen molar-refractivity contribution in [2.24, 2.45) is 0 Å². The van der Waals surface area contributed by atoms with Crippen LogP contribution in [-0.2, 0) is 11.3 Å². The molecule has 0 unspecified atom stereocenters. The first-order chi connectivity index (χ1) is 19.9. The van der Waals surface area contributed by atoms with Crippen LogP contribution in [0.15, 0.2) is 85.5 Å². The van der Waals surface area contributed by atoms with Crippen molar-refractivity contribution in [3.63, 3.8) is 0 Å². The monoisotopic (exact) mass is 552 g/mol. The molecular formula is C32H36N6O3. The normalized spacial score (nSPS) is 18.6.